The topological polar surface area (TPSA) is 110 Å². The molecule has 0 fully saturated rings. The highest BCUT2D eigenvalue weighted by Gasteiger charge is 2.19. The van der Waals surface area contributed by atoms with Crippen molar-refractivity contribution in [2.45, 2.75) is 6.04 Å². The number of nitro benzene ring substituents is 1. The number of halogens is 1. The molecule has 0 amide bonds. The highest BCUT2D eigenvalue weighted by molar-refractivity contribution is 5.85. The van der Waals surface area contributed by atoms with Gasteiger partial charge in [-0.25, -0.2) is 0 Å². The third-order valence-corrected chi connectivity index (χ3v) is 1.80. The number of nitrogens with zero attached hydrogens (tertiary/aromatic N) is 1. The second-order valence-electron chi connectivity index (χ2n) is 2.79. The maximum Gasteiger partial charge on any atom is 0.274 e. The number of phenols is 1. The predicted octanol–water partition coefficient (Wildman–Crippen LogP) is 0.714. The lowest BCUT2D eigenvalue weighted by atomic mass is 10.1. The van der Waals surface area contributed by atoms with Gasteiger partial charge in [0.1, 0.15) is 5.75 Å². The summed E-state index contributed by atoms with van der Waals surface area (Å²) in [6.07, 6.45) is 0. The summed E-state index contributed by atoms with van der Waals surface area (Å²) in [4.78, 5) is 9.93. The van der Waals surface area contributed by atoms with E-state index < -0.39 is 17.6 Å². The molecular formula is C8H11ClN2O4. The largest absolute Gasteiger partial charge is 0.508 e. The zero-order chi connectivity index (χ0) is 10.7. The van der Waals surface area contributed by atoms with Crippen molar-refractivity contribution in [1.29, 1.82) is 0 Å². The van der Waals surface area contributed by atoms with Crippen LogP contribution in [0.1, 0.15) is 11.6 Å². The minimum Gasteiger partial charge on any atom is -0.508 e. The molecule has 1 aromatic rings. The molecule has 0 bridgehead atoms. The first-order valence-electron chi connectivity index (χ1n) is 3.90. The number of hydrogen-bond donors (Lipinski definition) is 3. The number of rotatable bonds is 3. The van der Waals surface area contributed by atoms with Gasteiger partial charge in [-0.05, 0) is 12.1 Å². The molecule has 4 N–H and O–H groups in total. The van der Waals surface area contributed by atoms with Gasteiger partial charge in [-0.2, -0.15) is 0 Å². The molecule has 7 heteroatoms. The van der Waals surface area contributed by atoms with Gasteiger partial charge >= 0.3 is 0 Å². The second-order valence-corrected chi connectivity index (χ2v) is 2.79. The van der Waals surface area contributed by atoms with E-state index in [1.807, 2.05) is 0 Å². The fraction of sp³-hybridized carbons (Fsp3) is 0.250. The highest BCUT2D eigenvalue weighted by atomic mass is 35.5. The molecule has 15 heavy (non-hydrogen) atoms. The van der Waals surface area contributed by atoms with Crippen molar-refractivity contribution in [3.8, 4) is 5.75 Å². The molecule has 0 saturated heterocycles. The number of hydrogen-bond acceptors (Lipinski definition) is 5. The Balaban J connectivity index is 0.00000196. The summed E-state index contributed by atoms with van der Waals surface area (Å²) < 4.78 is 0. The molecule has 1 atom stereocenters. The number of aliphatic hydroxyl groups is 1. The van der Waals surface area contributed by atoms with Crippen molar-refractivity contribution in [3.63, 3.8) is 0 Å². The Morgan fingerprint density at radius 3 is 2.60 bits per heavy atom. The lowest BCUT2D eigenvalue weighted by Crippen LogP contribution is -2.16. The van der Waals surface area contributed by atoms with E-state index in [2.05, 4.69) is 0 Å². The molecule has 1 rings (SSSR count). The Kier molecular flexibility index (Phi) is 4.99. The minimum atomic E-state index is -0.859. The first kappa shape index (κ1) is 13.6. The summed E-state index contributed by atoms with van der Waals surface area (Å²) in [6.45, 7) is -0.412. The van der Waals surface area contributed by atoms with Crippen molar-refractivity contribution in [3.05, 3.63) is 33.9 Å². The maximum absolute atomic E-state index is 10.5. The van der Waals surface area contributed by atoms with Crippen molar-refractivity contribution in [1.82, 2.24) is 0 Å². The number of benzene rings is 1. The fourth-order valence-electron chi connectivity index (χ4n) is 1.10. The van der Waals surface area contributed by atoms with E-state index in [4.69, 9.17) is 15.9 Å². The Morgan fingerprint density at radius 1 is 1.53 bits per heavy atom. The molecule has 0 aromatic heterocycles. The van der Waals surface area contributed by atoms with Crippen LogP contribution in [0.3, 0.4) is 0 Å². The molecule has 0 aliphatic carbocycles. The first-order valence-corrected chi connectivity index (χ1v) is 3.90. The van der Waals surface area contributed by atoms with Crippen LogP contribution in [0.25, 0.3) is 0 Å². The molecule has 1 aromatic carbocycles. The molecule has 6 nitrogen and oxygen atoms in total. The number of aliphatic hydroxyl groups excluding tert-OH is 1. The van der Waals surface area contributed by atoms with Gasteiger partial charge in [0.25, 0.3) is 5.69 Å². The molecule has 0 spiro atoms. The van der Waals surface area contributed by atoms with Crippen LogP contribution in [0, 0.1) is 10.1 Å². The SMILES string of the molecule is Cl.N[C@H](CO)c1cc(O)ccc1[N+](=O)[O-]. The van der Waals surface area contributed by atoms with E-state index in [1.54, 1.807) is 0 Å². The predicted molar refractivity (Wildman–Crippen MR) is 56.0 cm³/mol. The molecule has 0 aliphatic heterocycles. The molecule has 0 radical (unpaired) electrons. The van der Waals surface area contributed by atoms with Crippen molar-refractivity contribution < 1.29 is 15.1 Å². The third kappa shape index (κ3) is 3.05. The van der Waals surface area contributed by atoms with Gasteiger partial charge in [0.15, 0.2) is 0 Å². The van der Waals surface area contributed by atoms with Crippen LogP contribution in [0.2, 0.25) is 0 Å². The molecule has 0 aliphatic rings. The normalized spacial score (nSPS) is 11.6. The standard InChI is InChI=1S/C8H10N2O4.ClH/c9-7(4-11)6-3-5(12)1-2-8(6)10(13)14;/h1-3,7,11-12H,4,9H2;1H/t7-;/m1./s1. The lowest BCUT2D eigenvalue weighted by molar-refractivity contribution is -0.385. The van der Waals surface area contributed by atoms with E-state index in [0.717, 1.165) is 6.07 Å². The van der Waals surface area contributed by atoms with Crippen LogP contribution >= 0.6 is 12.4 Å². The Labute approximate surface area is 91.9 Å². The van der Waals surface area contributed by atoms with Crippen molar-refractivity contribution in [2.75, 3.05) is 6.61 Å². The quantitative estimate of drug-likeness (QED) is 0.527. The molecule has 0 unspecified atom stereocenters. The smallest absolute Gasteiger partial charge is 0.274 e. The Morgan fingerprint density at radius 2 is 2.13 bits per heavy atom. The van der Waals surface area contributed by atoms with Gasteiger partial charge in [0.2, 0.25) is 0 Å². The van der Waals surface area contributed by atoms with Crippen LogP contribution in [-0.4, -0.2) is 21.7 Å². The van der Waals surface area contributed by atoms with Crippen LogP contribution in [-0.2, 0) is 0 Å². The van der Waals surface area contributed by atoms with E-state index in [0.29, 0.717) is 0 Å². The molecule has 0 heterocycles. The summed E-state index contributed by atoms with van der Waals surface area (Å²) in [5, 5.41) is 28.4. The Hall–Kier alpha value is -1.37. The minimum absolute atomic E-state index is 0. The summed E-state index contributed by atoms with van der Waals surface area (Å²) in [7, 11) is 0. The van der Waals surface area contributed by atoms with E-state index in [9.17, 15) is 10.1 Å². The van der Waals surface area contributed by atoms with Gasteiger partial charge in [-0.1, -0.05) is 0 Å². The number of nitro groups is 1. The van der Waals surface area contributed by atoms with Gasteiger partial charge in [0, 0.05) is 6.07 Å². The number of aromatic hydroxyl groups is 1. The molecular weight excluding hydrogens is 224 g/mol. The van der Waals surface area contributed by atoms with E-state index >= 15 is 0 Å². The van der Waals surface area contributed by atoms with E-state index in [-0.39, 0.29) is 29.4 Å². The Bertz CT molecular complexity index is 358. The van der Waals surface area contributed by atoms with Gasteiger partial charge in [0.05, 0.1) is 23.1 Å². The van der Waals surface area contributed by atoms with Crippen LogP contribution in [0.15, 0.2) is 18.2 Å². The van der Waals surface area contributed by atoms with Crippen molar-refractivity contribution in [2.24, 2.45) is 5.73 Å². The van der Waals surface area contributed by atoms with Crippen LogP contribution < -0.4 is 5.73 Å². The zero-order valence-corrected chi connectivity index (χ0v) is 8.48. The molecule has 0 saturated carbocycles. The number of nitrogens with two attached hydrogens (primary N) is 1. The second kappa shape index (κ2) is 5.50. The summed E-state index contributed by atoms with van der Waals surface area (Å²) in [6, 6.07) is 2.67. The van der Waals surface area contributed by atoms with Crippen LogP contribution in [0.5, 0.6) is 5.75 Å². The first-order chi connectivity index (χ1) is 6.56. The average Bonchev–Trinajstić information content (AvgIpc) is 2.16. The monoisotopic (exact) mass is 234 g/mol. The zero-order valence-electron chi connectivity index (χ0n) is 7.66. The van der Waals surface area contributed by atoms with Crippen molar-refractivity contribution >= 4 is 18.1 Å². The van der Waals surface area contributed by atoms with Gasteiger partial charge in [-0.3, -0.25) is 10.1 Å². The summed E-state index contributed by atoms with van der Waals surface area (Å²) in [5.74, 6) is -0.116. The lowest BCUT2D eigenvalue weighted by Gasteiger charge is -2.08. The molecule has 84 valence electrons. The fourth-order valence-corrected chi connectivity index (χ4v) is 1.10. The number of phenolic OH excluding ortho intramolecular Hbond substituents is 1. The van der Waals surface area contributed by atoms with Gasteiger partial charge < -0.3 is 15.9 Å². The third-order valence-electron chi connectivity index (χ3n) is 1.80. The van der Waals surface area contributed by atoms with Crippen LogP contribution in [0.4, 0.5) is 5.69 Å². The summed E-state index contributed by atoms with van der Waals surface area (Å²) in [5.41, 5.74) is 5.35. The maximum atomic E-state index is 10.5. The summed E-state index contributed by atoms with van der Waals surface area (Å²) >= 11 is 0. The van der Waals surface area contributed by atoms with E-state index in [1.165, 1.54) is 12.1 Å². The highest BCUT2D eigenvalue weighted by Crippen LogP contribution is 2.27. The average molecular weight is 235 g/mol. The van der Waals surface area contributed by atoms with Gasteiger partial charge in [-0.15, -0.1) is 12.4 Å².